The number of methoxy groups -OCH3 is 1. The number of ether oxygens (including phenoxy) is 1. The first kappa shape index (κ1) is 21.6. The molecule has 1 aromatic carbocycles. The standard InChI is InChI=1S/C15H22N2O8S2/c1-10(19)16-12-7-11(3-4-15(12)25-2)27(23,24)17(5-6-18)13-8-26(21,22)9-14(13)20/h3-4,7,13-14,18,20H,5-6,8-9H2,1-2H3,(H,16,19)/t13-,14+/m0/s1. The molecule has 1 fully saturated rings. The van der Waals surface area contributed by atoms with Gasteiger partial charge in [0.2, 0.25) is 15.9 Å². The summed E-state index contributed by atoms with van der Waals surface area (Å²) in [5.41, 5.74) is 0.120. The molecule has 1 amide bonds. The monoisotopic (exact) mass is 422 g/mol. The van der Waals surface area contributed by atoms with Gasteiger partial charge in [-0.2, -0.15) is 4.31 Å². The minimum Gasteiger partial charge on any atom is -0.495 e. The number of carbonyl (C=O) groups is 1. The summed E-state index contributed by atoms with van der Waals surface area (Å²) in [4.78, 5) is 11.1. The third-order valence-electron chi connectivity index (χ3n) is 4.07. The van der Waals surface area contributed by atoms with E-state index in [1.165, 1.54) is 32.2 Å². The van der Waals surface area contributed by atoms with Crippen molar-refractivity contribution in [3.05, 3.63) is 18.2 Å². The van der Waals surface area contributed by atoms with E-state index in [0.29, 0.717) is 0 Å². The Morgan fingerprint density at radius 2 is 2.04 bits per heavy atom. The van der Waals surface area contributed by atoms with Gasteiger partial charge in [-0.3, -0.25) is 4.79 Å². The predicted molar refractivity (Wildman–Crippen MR) is 96.7 cm³/mol. The molecule has 0 unspecified atom stereocenters. The topological polar surface area (TPSA) is 150 Å². The van der Waals surface area contributed by atoms with E-state index in [1.54, 1.807) is 0 Å². The van der Waals surface area contributed by atoms with Crippen LogP contribution in [0, 0.1) is 0 Å². The molecule has 152 valence electrons. The summed E-state index contributed by atoms with van der Waals surface area (Å²) >= 11 is 0. The lowest BCUT2D eigenvalue weighted by Crippen LogP contribution is -2.47. The molecule has 0 bridgehead atoms. The van der Waals surface area contributed by atoms with Gasteiger partial charge in [-0.15, -0.1) is 0 Å². The second-order valence-corrected chi connectivity index (χ2v) is 10.1. The van der Waals surface area contributed by atoms with Gasteiger partial charge in [0.1, 0.15) is 5.75 Å². The molecule has 27 heavy (non-hydrogen) atoms. The van der Waals surface area contributed by atoms with Crippen molar-refractivity contribution >= 4 is 31.5 Å². The zero-order valence-corrected chi connectivity index (χ0v) is 16.5. The number of nitrogens with one attached hydrogen (secondary N) is 1. The van der Waals surface area contributed by atoms with Crippen LogP contribution in [-0.4, -0.2) is 81.2 Å². The molecule has 1 saturated heterocycles. The number of hydrogen-bond donors (Lipinski definition) is 3. The minimum absolute atomic E-state index is 0.120. The van der Waals surface area contributed by atoms with E-state index in [4.69, 9.17) is 4.74 Å². The van der Waals surface area contributed by atoms with E-state index in [1.807, 2.05) is 0 Å². The molecule has 0 aromatic heterocycles. The molecule has 0 radical (unpaired) electrons. The number of sulfone groups is 1. The maximum Gasteiger partial charge on any atom is 0.243 e. The smallest absolute Gasteiger partial charge is 0.243 e. The lowest BCUT2D eigenvalue weighted by Gasteiger charge is -2.29. The number of hydrogen-bond acceptors (Lipinski definition) is 8. The van der Waals surface area contributed by atoms with Crippen LogP contribution in [0.4, 0.5) is 5.69 Å². The number of rotatable bonds is 7. The number of sulfonamides is 1. The van der Waals surface area contributed by atoms with Gasteiger partial charge < -0.3 is 20.3 Å². The van der Waals surface area contributed by atoms with Crippen molar-refractivity contribution in [1.29, 1.82) is 0 Å². The zero-order valence-electron chi connectivity index (χ0n) is 14.8. The van der Waals surface area contributed by atoms with Crippen molar-refractivity contribution in [3.63, 3.8) is 0 Å². The van der Waals surface area contributed by atoms with E-state index >= 15 is 0 Å². The summed E-state index contributed by atoms with van der Waals surface area (Å²) in [6.07, 6.45) is -1.40. The maximum atomic E-state index is 13.1. The van der Waals surface area contributed by atoms with Crippen LogP contribution in [0.2, 0.25) is 0 Å². The van der Waals surface area contributed by atoms with Gasteiger partial charge in [0.15, 0.2) is 9.84 Å². The van der Waals surface area contributed by atoms with Gasteiger partial charge in [-0.25, -0.2) is 16.8 Å². The number of nitrogens with zero attached hydrogens (tertiary/aromatic N) is 1. The van der Waals surface area contributed by atoms with Crippen LogP contribution in [0.5, 0.6) is 5.75 Å². The van der Waals surface area contributed by atoms with Gasteiger partial charge in [0, 0.05) is 13.5 Å². The third kappa shape index (κ3) is 4.76. The average molecular weight is 422 g/mol. The van der Waals surface area contributed by atoms with Crippen molar-refractivity contribution in [3.8, 4) is 5.75 Å². The Hall–Kier alpha value is -1.73. The van der Waals surface area contributed by atoms with Gasteiger partial charge >= 0.3 is 0 Å². The highest BCUT2D eigenvalue weighted by molar-refractivity contribution is 7.92. The van der Waals surface area contributed by atoms with Crippen molar-refractivity contribution in [2.75, 3.05) is 37.1 Å². The molecule has 3 N–H and O–H groups in total. The second kappa shape index (κ2) is 8.10. The number of anilines is 1. The van der Waals surface area contributed by atoms with Crippen LogP contribution in [0.15, 0.2) is 23.1 Å². The molecule has 0 aliphatic carbocycles. The summed E-state index contributed by atoms with van der Waals surface area (Å²) in [6, 6.07) is 2.55. The van der Waals surface area contributed by atoms with E-state index in [2.05, 4.69) is 5.32 Å². The molecule has 1 aliphatic heterocycles. The van der Waals surface area contributed by atoms with Crippen LogP contribution >= 0.6 is 0 Å². The third-order valence-corrected chi connectivity index (χ3v) is 7.69. The Kier molecular flexibility index (Phi) is 6.47. The zero-order chi connectivity index (χ0) is 20.4. The van der Waals surface area contributed by atoms with Gasteiger partial charge in [-0.1, -0.05) is 0 Å². The number of benzene rings is 1. The first-order chi connectivity index (χ1) is 12.5. The molecule has 2 rings (SSSR count). The molecule has 1 aliphatic rings. The Labute approximate surface area is 157 Å². The summed E-state index contributed by atoms with van der Waals surface area (Å²) < 4.78 is 55.5. The molecular formula is C15H22N2O8S2. The van der Waals surface area contributed by atoms with Crippen LogP contribution < -0.4 is 10.1 Å². The quantitative estimate of drug-likeness (QED) is 0.496. The lowest BCUT2D eigenvalue weighted by molar-refractivity contribution is -0.114. The fourth-order valence-electron chi connectivity index (χ4n) is 2.92. The highest BCUT2D eigenvalue weighted by atomic mass is 32.2. The van der Waals surface area contributed by atoms with Crippen molar-refractivity contribution < 1.29 is 36.6 Å². The minimum atomic E-state index is -4.27. The largest absolute Gasteiger partial charge is 0.495 e. The van der Waals surface area contributed by atoms with Crippen LogP contribution in [0.3, 0.4) is 0 Å². The summed E-state index contributed by atoms with van der Waals surface area (Å²) in [5, 5.41) is 21.8. The van der Waals surface area contributed by atoms with E-state index < -0.39 is 56.0 Å². The van der Waals surface area contributed by atoms with Crippen molar-refractivity contribution in [2.45, 2.75) is 24.0 Å². The van der Waals surface area contributed by atoms with E-state index in [0.717, 1.165) is 4.31 Å². The van der Waals surface area contributed by atoms with Crippen LogP contribution in [-0.2, 0) is 24.7 Å². The van der Waals surface area contributed by atoms with Gasteiger partial charge in [0.25, 0.3) is 0 Å². The first-order valence-electron chi connectivity index (χ1n) is 7.98. The normalized spacial score (nSPS) is 22.0. The van der Waals surface area contributed by atoms with Crippen LogP contribution in [0.25, 0.3) is 0 Å². The second-order valence-electron chi connectivity index (χ2n) is 6.09. The van der Waals surface area contributed by atoms with Crippen molar-refractivity contribution in [1.82, 2.24) is 4.31 Å². The molecule has 2 atom stereocenters. The summed E-state index contributed by atoms with van der Waals surface area (Å²) in [7, 11) is -6.52. The number of aliphatic hydroxyl groups is 2. The molecule has 0 saturated carbocycles. The van der Waals surface area contributed by atoms with E-state index in [9.17, 15) is 31.8 Å². The first-order valence-corrected chi connectivity index (χ1v) is 11.2. The Bertz CT molecular complexity index is 914. The predicted octanol–water partition coefficient (Wildman–Crippen LogP) is -1.21. The van der Waals surface area contributed by atoms with Gasteiger partial charge in [0.05, 0.1) is 48.0 Å². The Balaban J connectivity index is 2.49. The maximum absolute atomic E-state index is 13.1. The SMILES string of the molecule is COc1ccc(S(=O)(=O)N(CCO)[C@H]2CS(=O)(=O)C[C@H]2O)cc1NC(C)=O. The fourth-order valence-corrected chi connectivity index (χ4v) is 6.49. The van der Waals surface area contributed by atoms with Crippen LogP contribution in [0.1, 0.15) is 6.92 Å². The molecule has 10 nitrogen and oxygen atoms in total. The molecular weight excluding hydrogens is 400 g/mol. The van der Waals surface area contributed by atoms with Gasteiger partial charge in [-0.05, 0) is 18.2 Å². The summed E-state index contributed by atoms with van der Waals surface area (Å²) in [5.74, 6) is -1.29. The Morgan fingerprint density at radius 3 is 2.52 bits per heavy atom. The number of carbonyl (C=O) groups excluding carboxylic acids is 1. The van der Waals surface area contributed by atoms with E-state index in [-0.39, 0.29) is 22.9 Å². The highest BCUT2D eigenvalue weighted by Crippen LogP contribution is 2.31. The number of amides is 1. The molecule has 1 aromatic rings. The molecule has 0 spiro atoms. The molecule has 1 heterocycles. The highest BCUT2D eigenvalue weighted by Gasteiger charge is 2.44. The molecule has 12 heteroatoms. The fraction of sp³-hybridized carbons (Fsp3) is 0.533. The lowest BCUT2D eigenvalue weighted by atomic mass is 10.2. The Morgan fingerprint density at radius 1 is 1.37 bits per heavy atom. The number of aliphatic hydroxyl groups excluding tert-OH is 2. The van der Waals surface area contributed by atoms with Crippen molar-refractivity contribution in [2.24, 2.45) is 0 Å². The summed E-state index contributed by atoms with van der Waals surface area (Å²) in [6.45, 7) is 0.302. The average Bonchev–Trinajstić information content (AvgIpc) is 2.84.